The van der Waals surface area contributed by atoms with Gasteiger partial charge in [0.25, 0.3) is 0 Å². The van der Waals surface area contributed by atoms with Crippen molar-refractivity contribution in [1.29, 1.82) is 0 Å². The van der Waals surface area contributed by atoms with Gasteiger partial charge in [-0.3, -0.25) is 10.4 Å². The van der Waals surface area contributed by atoms with Crippen LogP contribution in [-0.2, 0) is 6.61 Å². The van der Waals surface area contributed by atoms with E-state index in [0.29, 0.717) is 11.6 Å². The number of nitrogens with zero attached hydrogens (tertiary/aromatic N) is 3. The lowest BCUT2D eigenvalue weighted by Crippen LogP contribution is -2.48. The Bertz CT molecular complexity index is 900. The second-order valence-electron chi connectivity index (χ2n) is 5.41. The van der Waals surface area contributed by atoms with Gasteiger partial charge in [-0.2, -0.15) is 0 Å². The maximum absolute atomic E-state index is 11.7. The third kappa shape index (κ3) is 3.80. The molecule has 2 heterocycles. The van der Waals surface area contributed by atoms with E-state index < -0.39 is 6.03 Å². The molecule has 3 rings (SSSR count). The van der Waals surface area contributed by atoms with Crippen LogP contribution < -0.4 is 26.9 Å². The maximum atomic E-state index is 11.7. The van der Waals surface area contributed by atoms with E-state index >= 15 is 0 Å². The summed E-state index contributed by atoms with van der Waals surface area (Å²) in [5, 5.41) is 0.951. The fraction of sp³-hybridized carbons (Fsp3) is 0.118. The Labute approximate surface area is 154 Å². The number of urea groups is 1. The Kier molecular flexibility index (Phi) is 5.42. The Morgan fingerprint density at radius 3 is 2.85 bits per heavy atom. The predicted molar refractivity (Wildman–Crippen MR) is 100 cm³/mol. The van der Waals surface area contributed by atoms with Crippen LogP contribution in [0.2, 0.25) is 0 Å². The number of rotatable bonds is 5. The number of carbonyl (C=O) groups excluding carboxylic acids is 1. The normalized spacial score (nSPS) is 10.4. The molecule has 134 valence electrons. The summed E-state index contributed by atoms with van der Waals surface area (Å²) >= 11 is 1.51. The second kappa shape index (κ2) is 7.91. The van der Waals surface area contributed by atoms with Gasteiger partial charge in [-0.1, -0.05) is 18.2 Å². The summed E-state index contributed by atoms with van der Waals surface area (Å²) in [7, 11) is 0. The van der Waals surface area contributed by atoms with Crippen molar-refractivity contribution >= 4 is 23.1 Å². The first-order valence-corrected chi connectivity index (χ1v) is 8.60. The number of benzene rings is 1. The van der Waals surface area contributed by atoms with Gasteiger partial charge in [0.05, 0.1) is 21.8 Å². The van der Waals surface area contributed by atoms with E-state index in [1.54, 1.807) is 29.9 Å². The number of pyridine rings is 1. The van der Waals surface area contributed by atoms with E-state index in [4.69, 9.17) is 16.4 Å². The number of ether oxygens (including phenoxy) is 1. The fourth-order valence-corrected chi connectivity index (χ4v) is 2.99. The van der Waals surface area contributed by atoms with Gasteiger partial charge >= 0.3 is 6.03 Å². The number of hydrogen-bond acceptors (Lipinski definition) is 7. The summed E-state index contributed by atoms with van der Waals surface area (Å²) in [6.45, 7) is 2.12. The number of amides is 2. The summed E-state index contributed by atoms with van der Waals surface area (Å²) in [6.07, 6.45) is 1.76. The fourth-order valence-electron chi connectivity index (χ4n) is 2.40. The van der Waals surface area contributed by atoms with Crippen molar-refractivity contribution in [3.63, 3.8) is 0 Å². The van der Waals surface area contributed by atoms with Crippen LogP contribution in [-0.4, -0.2) is 16.0 Å². The molecule has 2 aromatic heterocycles. The van der Waals surface area contributed by atoms with Crippen molar-refractivity contribution in [1.82, 2.24) is 15.4 Å². The summed E-state index contributed by atoms with van der Waals surface area (Å²) in [6, 6.07) is 10.4. The molecular formula is C17H18N6O2S. The van der Waals surface area contributed by atoms with Crippen molar-refractivity contribution < 1.29 is 9.53 Å². The minimum Gasteiger partial charge on any atom is -0.473 e. The van der Waals surface area contributed by atoms with Crippen molar-refractivity contribution in [2.24, 2.45) is 11.7 Å². The van der Waals surface area contributed by atoms with Gasteiger partial charge in [-0.25, -0.2) is 26.5 Å². The number of anilines is 1. The largest absolute Gasteiger partial charge is 0.473 e. The highest BCUT2D eigenvalue weighted by molar-refractivity contribution is 7.13. The minimum atomic E-state index is -0.623. The maximum Gasteiger partial charge on any atom is 0.350 e. The smallest absolute Gasteiger partial charge is 0.350 e. The molecular weight excluding hydrogens is 352 g/mol. The van der Waals surface area contributed by atoms with Gasteiger partial charge in [0.15, 0.2) is 0 Å². The molecule has 0 unspecified atom stereocenters. The first-order chi connectivity index (χ1) is 12.6. The van der Waals surface area contributed by atoms with Crippen molar-refractivity contribution in [2.75, 3.05) is 5.01 Å². The molecule has 0 bridgehead atoms. The molecule has 5 N–H and O–H groups in total. The SMILES string of the molecule is Cc1cccc(N(N)C(=O)NN)c1COc1cccc(-c2cncs2)n1. The number of carbonyl (C=O) groups is 1. The van der Waals surface area contributed by atoms with Gasteiger partial charge in [0, 0.05) is 17.8 Å². The summed E-state index contributed by atoms with van der Waals surface area (Å²) < 4.78 is 5.84. The highest BCUT2D eigenvalue weighted by Gasteiger charge is 2.16. The Morgan fingerprint density at radius 2 is 2.12 bits per heavy atom. The average Bonchev–Trinajstić information content (AvgIpc) is 3.20. The lowest BCUT2D eigenvalue weighted by molar-refractivity contribution is 0.246. The molecule has 2 amide bonds. The molecule has 0 atom stereocenters. The number of hydrazine groups is 2. The lowest BCUT2D eigenvalue weighted by Gasteiger charge is -2.21. The third-order valence-electron chi connectivity index (χ3n) is 3.76. The summed E-state index contributed by atoms with van der Waals surface area (Å²) in [4.78, 5) is 21.2. The first kappa shape index (κ1) is 17.8. The van der Waals surface area contributed by atoms with Crippen LogP contribution in [0.15, 0.2) is 48.1 Å². The van der Waals surface area contributed by atoms with Crippen LogP contribution in [0.4, 0.5) is 10.5 Å². The molecule has 26 heavy (non-hydrogen) atoms. The second-order valence-corrected chi connectivity index (χ2v) is 6.29. The van der Waals surface area contributed by atoms with E-state index in [2.05, 4.69) is 9.97 Å². The van der Waals surface area contributed by atoms with Gasteiger partial charge in [0.2, 0.25) is 5.88 Å². The van der Waals surface area contributed by atoms with Crippen LogP contribution in [0.1, 0.15) is 11.1 Å². The standard InChI is InChI=1S/C17H18N6O2S/c1-11-4-2-6-14(23(19)17(24)22-18)12(11)9-25-16-7-3-5-13(21-16)15-8-20-10-26-15/h2-8,10H,9,18-19H2,1H3,(H,22,24). The molecule has 0 fully saturated rings. The number of aryl methyl sites for hydroxylation is 1. The number of nitrogens with one attached hydrogen (secondary N) is 1. The third-order valence-corrected chi connectivity index (χ3v) is 4.56. The summed E-state index contributed by atoms with van der Waals surface area (Å²) in [5.74, 6) is 11.5. The highest BCUT2D eigenvalue weighted by Crippen LogP contribution is 2.26. The molecule has 1 aromatic carbocycles. The van der Waals surface area contributed by atoms with Crippen LogP contribution in [0, 0.1) is 6.92 Å². The van der Waals surface area contributed by atoms with Crippen LogP contribution >= 0.6 is 11.3 Å². The molecule has 0 spiro atoms. The van der Waals surface area contributed by atoms with Crippen LogP contribution in [0.3, 0.4) is 0 Å². The first-order valence-electron chi connectivity index (χ1n) is 7.72. The predicted octanol–water partition coefficient (Wildman–Crippen LogP) is 2.36. The van der Waals surface area contributed by atoms with Crippen molar-refractivity contribution in [3.05, 3.63) is 59.2 Å². The number of thiazole rings is 1. The van der Waals surface area contributed by atoms with E-state index in [9.17, 15) is 4.79 Å². The monoisotopic (exact) mass is 370 g/mol. The molecule has 0 aliphatic carbocycles. The zero-order chi connectivity index (χ0) is 18.5. The molecule has 0 radical (unpaired) electrons. The minimum absolute atomic E-state index is 0.201. The topological polar surface area (TPSA) is 119 Å². The molecule has 9 heteroatoms. The van der Waals surface area contributed by atoms with E-state index in [0.717, 1.165) is 26.7 Å². The number of aromatic nitrogens is 2. The van der Waals surface area contributed by atoms with Gasteiger partial charge in [0.1, 0.15) is 6.61 Å². The zero-order valence-corrected chi connectivity index (χ0v) is 14.9. The average molecular weight is 370 g/mol. The van der Waals surface area contributed by atoms with Gasteiger partial charge in [-0.15, -0.1) is 11.3 Å². The van der Waals surface area contributed by atoms with E-state index in [1.807, 2.05) is 30.5 Å². The Hall–Kier alpha value is -3.01. The number of nitrogens with two attached hydrogens (primary N) is 2. The highest BCUT2D eigenvalue weighted by atomic mass is 32.1. The molecule has 0 saturated heterocycles. The van der Waals surface area contributed by atoms with Crippen LogP contribution in [0.25, 0.3) is 10.6 Å². The number of hydrogen-bond donors (Lipinski definition) is 3. The Balaban J connectivity index is 1.82. The van der Waals surface area contributed by atoms with Crippen molar-refractivity contribution in [3.8, 4) is 16.5 Å². The Morgan fingerprint density at radius 1 is 1.31 bits per heavy atom. The van der Waals surface area contributed by atoms with Crippen molar-refractivity contribution in [2.45, 2.75) is 13.5 Å². The van der Waals surface area contributed by atoms with E-state index in [1.165, 1.54) is 11.3 Å². The molecule has 3 aromatic rings. The molecule has 0 aliphatic heterocycles. The summed E-state index contributed by atoms with van der Waals surface area (Å²) in [5.41, 5.74) is 6.76. The molecule has 0 saturated carbocycles. The zero-order valence-electron chi connectivity index (χ0n) is 14.0. The molecule has 8 nitrogen and oxygen atoms in total. The lowest BCUT2D eigenvalue weighted by atomic mass is 10.1. The quantitative estimate of drug-likeness (QED) is 0.360. The molecule has 0 aliphatic rings. The van der Waals surface area contributed by atoms with Gasteiger partial charge < -0.3 is 4.74 Å². The van der Waals surface area contributed by atoms with Crippen LogP contribution in [0.5, 0.6) is 5.88 Å². The van der Waals surface area contributed by atoms with Gasteiger partial charge in [-0.05, 0) is 24.6 Å². The van der Waals surface area contributed by atoms with E-state index in [-0.39, 0.29) is 6.61 Å².